The molecule has 10 heteroatoms. The van der Waals surface area contributed by atoms with Crippen molar-refractivity contribution in [2.75, 3.05) is 55.5 Å². The first kappa shape index (κ1) is 25.2. The molecule has 1 amide bonds. The highest BCUT2D eigenvalue weighted by Gasteiger charge is 2.23. The van der Waals surface area contributed by atoms with E-state index < -0.39 is 6.09 Å². The lowest BCUT2D eigenvalue weighted by atomic mass is 10.1. The quantitative estimate of drug-likeness (QED) is 0.481. The molecule has 1 unspecified atom stereocenters. The van der Waals surface area contributed by atoms with Crippen LogP contribution in [0, 0.1) is 5.82 Å². The van der Waals surface area contributed by atoms with Gasteiger partial charge in [-0.1, -0.05) is 12.1 Å². The second kappa shape index (κ2) is 11.2. The molecule has 1 fully saturated rings. The largest absolute Gasteiger partial charge is 0.497 e. The third-order valence-corrected chi connectivity index (χ3v) is 6.44. The molecule has 36 heavy (non-hydrogen) atoms. The van der Waals surface area contributed by atoms with E-state index in [0.717, 1.165) is 35.8 Å². The standard InChI is InChI=1S/C26H31FN6O3/c1-18-17-32(15-14-31(18)2)23-9-6-20(16-22(23)27)29-25-28-12-10-24(30-25)33(26(34)35)13-11-19-4-7-21(36-3)8-5-19/h4-10,12,16,18H,11,13-15,17H2,1-3H3,(H,34,35)(H,28,29,30). The Morgan fingerprint density at radius 2 is 2.00 bits per heavy atom. The average Bonchev–Trinajstić information content (AvgIpc) is 2.86. The van der Waals surface area contributed by atoms with E-state index in [9.17, 15) is 14.3 Å². The van der Waals surface area contributed by atoms with Gasteiger partial charge in [-0.2, -0.15) is 4.98 Å². The van der Waals surface area contributed by atoms with Gasteiger partial charge < -0.3 is 25.0 Å². The summed E-state index contributed by atoms with van der Waals surface area (Å²) in [7, 11) is 3.67. The summed E-state index contributed by atoms with van der Waals surface area (Å²) in [5.41, 5.74) is 2.02. The van der Waals surface area contributed by atoms with Crippen molar-refractivity contribution in [2.45, 2.75) is 19.4 Å². The van der Waals surface area contributed by atoms with Crippen molar-refractivity contribution in [2.24, 2.45) is 0 Å². The third-order valence-electron chi connectivity index (χ3n) is 6.44. The number of aromatic nitrogens is 2. The molecule has 0 bridgehead atoms. The van der Waals surface area contributed by atoms with Gasteiger partial charge >= 0.3 is 6.09 Å². The Morgan fingerprint density at radius 1 is 1.22 bits per heavy atom. The minimum Gasteiger partial charge on any atom is -0.497 e. The van der Waals surface area contributed by atoms with Gasteiger partial charge in [0.25, 0.3) is 0 Å². The van der Waals surface area contributed by atoms with Crippen LogP contribution in [0.15, 0.2) is 54.7 Å². The number of hydrogen-bond donors (Lipinski definition) is 2. The van der Waals surface area contributed by atoms with E-state index >= 15 is 0 Å². The number of carbonyl (C=O) groups is 1. The summed E-state index contributed by atoms with van der Waals surface area (Å²) < 4.78 is 20.1. The van der Waals surface area contributed by atoms with Crippen molar-refractivity contribution < 1.29 is 19.0 Å². The van der Waals surface area contributed by atoms with Gasteiger partial charge in [-0.25, -0.2) is 14.2 Å². The molecule has 2 aromatic carbocycles. The van der Waals surface area contributed by atoms with Crippen LogP contribution in [0.5, 0.6) is 5.75 Å². The van der Waals surface area contributed by atoms with Gasteiger partial charge in [0.2, 0.25) is 5.95 Å². The number of halogens is 1. The number of carboxylic acid groups (broad SMARTS) is 1. The fraction of sp³-hybridized carbons (Fsp3) is 0.346. The molecule has 1 atom stereocenters. The summed E-state index contributed by atoms with van der Waals surface area (Å²) >= 11 is 0. The molecule has 0 aliphatic carbocycles. The molecular formula is C26H31FN6O3. The maximum Gasteiger partial charge on any atom is 0.413 e. The Morgan fingerprint density at radius 3 is 2.67 bits per heavy atom. The number of ether oxygens (including phenoxy) is 1. The Labute approximate surface area is 210 Å². The number of amides is 1. The van der Waals surface area contributed by atoms with Crippen molar-refractivity contribution in [1.29, 1.82) is 0 Å². The van der Waals surface area contributed by atoms with E-state index in [1.54, 1.807) is 19.2 Å². The smallest absolute Gasteiger partial charge is 0.413 e. The zero-order chi connectivity index (χ0) is 25.7. The highest BCUT2D eigenvalue weighted by atomic mass is 19.1. The Kier molecular flexibility index (Phi) is 7.84. The third kappa shape index (κ3) is 6.01. The molecule has 9 nitrogen and oxygen atoms in total. The maximum absolute atomic E-state index is 15.0. The van der Waals surface area contributed by atoms with Crippen molar-refractivity contribution in [3.8, 4) is 5.75 Å². The normalized spacial score (nSPS) is 16.0. The van der Waals surface area contributed by atoms with E-state index in [4.69, 9.17) is 4.74 Å². The number of nitrogens with one attached hydrogen (secondary N) is 1. The van der Waals surface area contributed by atoms with Crippen LogP contribution in [-0.4, -0.2) is 72.4 Å². The predicted octanol–water partition coefficient (Wildman–Crippen LogP) is 4.24. The number of piperazine rings is 1. The van der Waals surface area contributed by atoms with Crippen molar-refractivity contribution in [3.05, 3.63) is 66.1 Å². The maximum atomic E-state index is 15.0. The number of likely N-dealkylation sites (N-methyl/N-ethyl adjacent to an activating group) is 1. The lowest BCUT2D eigenvalue weighted by Crippen LogP contribution is -2.50. The van der Waals surface area contributed by atoms with Gasteiger partial charge in [-0.3, -0.25) is 4.90 Å². The summed E-state index contributed by atoms with van der Waals surface area (Å²) in [6, 6.07) is 14.3. The van der Waals surface area contributed by atoms with E-state index in [1.165, 1.54) is 18.3 Å². The van der Waals surface area contributed by atoms with Crippen LogP contribution in [0.3, 0.4) is 0 Å². The first-order valence-corrected chi connectivity index (χ1v) is 11.8. The van der Waals surface area contributed by atoms with Crippen molar-refractivity contribution in [1.82, 2.24) is 14.9 Å². The molecule has 1 aromatic heterocycles. The highest BCUT2D eigenvalue weighted by molar-refractivity contribution is 5.84. The number of nitrogens with zero attached hydrogens (tertiary/aromatic N) is 5. The second-order valence-electron chi connectivity index (χ2n) is 8.84. The summed E-state index contributed by atoms with van der Waals surface area (Å²) in [6.07, 6.45) is 0.857. The lowest BCUT2D eigenvalue weighted by molar-refractivity contribution is 0.201. The number of anilines is 4. The minimum absolute atomic E-state index is 0.184. The number of rotatable bonds is 8. The number of methoxy groups -OCH3 is 1. The van der Waals surface area contributed by atoms with Gasteiger partial charge in [0, 0.05) is 44.1 Å². The summed E-state index contributed by atoms with van der Waals surface area (Å²) in [5, 5.41) is 12.8. The van der Waals surface area contributed by atoms with E-state index in [0.29, 0.717) is 23.8 Å². The van der Waals surface area contributed by atoms with E-state index in [2.05, 4.69) is 39.1 Å². The van der Waals surface area contributed by atoms with Gasteiger partial charge in [0.05, 0.1) is 12.8 Å². The van der Waals surface area contributed by atoms with Crippen LogP contribution in [0.1, 0.15) is 12.5 Å². The van der Waals surface area contributed by atoms with Crippen LogP contribution < -0.4 is 19.9 Å². The number of benzene rings is 2. The lowest BCUT2D eigenvalue weighted by Gasteiger charge is -2.39. The molecule has 0 spiro atoms. The molecule has 4 rings (SSSR count). The van der Waals surface area contributed by atoms with E-state index in [-0.39, 0.29) is 24.1 Å². The van der Waals surface area contributed by atoms with Crippen LogP contribution in [0.4, 0.5) is 32.3 Å². The van der Waals surface area contributed by atoms with Crippen molar-refractivity contribution in [3.63, 3.8) is 0 Å². The van der Waals surface area contributed by atoms with Crippen LogP contribution >= 0.6 is 0 Å². The molecule has 0 saturated carbocycles. The first-order chi connectivity index (χ1) is 17.3. The molecular weight excluding hydrogens is 463 g/mol. The average molecular weight is 495 g/mol. The summed E-state index contributed by atoms with van der Waals surface area (Å²) in [5.74, 6) is 0.822. The Bertz CT molecular complexity index is 1190. The molecule has 190 valence electrons. The zero-order valence-corrected chi connectivity index (χ0v) is 20.7. The molecule has 1 aliphatic heterocycles. The monoisotopic (exact) mass is 494 g/mol. The molecule has 1 saturated heterocycles. The van der Waals surface area contributed by atoms with E-state index in [1.807, 2.05) is 24.3 Å². The van der Waals surface area contributed by atoms with Gasteiger partial charge in [-0.15, -0.1) is 0 Å². The Hall–Kier alpha value is -3.92. The molecule has 1 aliphatic rings. The summed E-state index contributed by atoms with van der Waals surface area (Å²) in [4.78, 5) is 25.9. The molecule has 2 heterocycles. The minimum atomic E-state index is -1.12. The van der Waals surface area contributed by atoms with Gasteiger partial charge in [-0.05, 0) is 62.4 Å². The van der Waals surface area contributed by atoms with Crippen molar-refractivity contribution >= 4 is 29.2 Å². The van der Waals surface area contributed by atoms with Crippen LogP contribution in [0.25, 0.3) is 0 Å². The van der Waals surface area contributed by atoms with Gasteiger partial charge in [0.1, 0.15) is 17.4 Å². The summed E-state index contributed by atoms with van der Waals surface area (Å²) in [6.45, 7) is 4.73. The van der Waals surface area contributed by atoms with Gasteiger partial charge in [0.15, 0.2) is 0 Å². The number of hydrogen-bond acceptors (Lipinski definition) is 7. The highest BCUT2D eigenvalue weighted by Crippen LogP contribution is 2.26. The van der Waals surface area contributed by atoms with Crippen LogP contribution in [0.2, 0.25) is 0 Å². The molecule has 2 N–H and O–H groups in total. The SMILES string of the molecule is COc1ccc(CCN(C(=O)O)c2ccnc(Nc3ccc(N4CCN(C)C(C)C4)c(F)c3)n2)cc1. The first-order valence-electron chi connectivity index (χ1n) is 11.8. The fourth-order valence-electron chi connectivity index (χ4n) is 4.14. The topological polar surface area (TPSA) is 94.1 Å². The predicted molar refractivity (Wildman–Crippen MR) is 138 cm³/mol. The second-order valence-corrected chi connectivity index (χ2v) is 8.84. The molecule has 3 aromatic rings. The fourth-order valence-corrected chi connectivity index (χ4v) is 4.14. The zero-order valence-electron chi connectivity index (χ0n) is 20.7. The molecule has 0 radical (unpaired) electrons. The Balaban J connectivity index is 1.44. The van der Waals surface area contributed by atoms with Crippen LogP contribution in [-0.2, 0) is 6.42 Å².